The minimum atomic E-state index is -0.720. The van der Waals surface area contributed by atoms with E-state index in [2.05, 4.69) is 15.8 Å². The van der Waals surface area contributed by atoms with Crippen molar-refractivity contribution in [1.29, 1.82) is 0 Å². The van der Waals surface area contributed by atoms with Crippen LogP contribution in [0.1, 0.15) is 29.8 Å². The monoisotopic (exact) mass is 407 g/mol. The number of carbonyl (C=O) groups is 2. The van der Waals surface area contributed by atoms with Crippen molar-refractivity contribution in [3.05, 3.63) is 82.9 Å². The molecule has 0 bridgehead atoms. The molecule has 6 heteroatoms. The Labute approximate surface area is 174 Å². The molecule has 0 radical (unpaired) electrons. The van der Waals surface area contributed by atoms with Gasteiger partial charge in [-0.05, 0) is 41.0 Å². The average molecular weight is 408 g/mol. The molecule has 0 aromatic heterocycles. The number of hydrogen-bond donors (Lipinski definition) is 2. The lowest BCUT2D eigenvalue weighted by atomic mass is 10.0. The molecule has 0 fully saturated rings. The first-order valence-electron chi connectivity index (χ1n) is 9.33. The van der Waals surface area contributed by atoms with Gasteiger partial charge in [-0.2, -0.15) is 5.10 Å². The molecule has 0 aliphatic heterocycles. The third kappa shape index (κ3) is 5.21. The number of nitrogens with zero attached hydrogens (tertiary/aromatic N) is 1. The largest absolute Gasteiger partial charge is 0.340 e. The molecule has 3 aromatic carbocycles. The Hall–Kier alpha value is -3.18. The highest BCUT2D eigenvalue weighted by atomic mass is 35.5. The Kier molecular flexibility index (Phi) is 6.62. The van der Waals surface area contributed by atoms with Crippen LogP contribution in [0.3, 0.4) is 0 Å². The van der Waals surface area contributed by atoms with Crippen LogP contribution in [-0.4, -0.2) is 24.1 Å². The standard InChI is InChI=1S/C23H22ClN3O2/c1-15(2)21(26-22(28)17-10-12-19(24)13-11-17)23(29)27-25-14-18-8-5-7-16-6-3-4-9-20(16)18/h3-15,21H,1-2H3,(H,26,28)(H,27,29)/b25-14+. The first-order valence-corrected chi connectivity index (χ1v) is 9.70. The number of rotatable bonds is 6. The van der Waals surface area contributed by atoms with Crippen molar-refractivity contribution in [2.75, 3.05) is 0 Å². The number of benzene rings is 3. The fourth-order valence-electron chi connectivity index (χ4n) is 2.96. The fourth-order valence-corrected chi connectivity index (χ4v) is 3.08. The number of carbonyl (C=O) groups excluding carboxylic acids is 2. The van der Waals surface area contributed by atoms with Crippen molar-refractivity contribution in [3.63, 3.8) is 0 Å². The summed E-state index contributed by atoms with van der Waals surface area (Å²) in [7, 11) is 0. The number of hydrogen-bond acceptors (Lipinski definition) is 3. The first kappa shape index (κ1) is 20.6. The molecule has 0 aliphatic carbocycles. The highest BCUT2D eigenvalue weighted by Gasteiger charge is 2.24. The zero-order valence-corrected chi connectivity index (χ0v) is 17.0. The third-order valence-electron chi connectivity index (χ3n) is 4.54. The molecule has 3 rings (SSSR count). The molecule has 0 aliphatic rings. The molecule has 0 saturated heterocycles. The summed E-state index contributed by atoms with van der Waals surface area (Å²) in [4.78, 5) is 25.0. The van der Waals surface area contributed by atoms with Crippen molar-refractivity contribution in [2.24, 2.45) is 11.0 Å². The number of hydrazone groups is 1. The van der Waals surface area contributed by atoms with E-state index < -0.39 is 6.04 Å². The summed E-state index contributed by atoms with van der Waals surface area (Å²) in [6.07, 6.45) is 1.61. The lowest BCUT2D eigenvalue weighted by molar-refractivity contribution is -0.123. The second kappa shape index (κ2) is 9.34. The summed E-state index contributed by atoms with van der Waals surface area (Å²) in [6, 6.07) is 19.6. The average Bonchev–Trinajstić information content (AvgIpc) is 2.72. The third-order valence-corrected chi connectivity index (χ3v) is 4.80. The lowest BCUT2D eigenvalue weighted by Crippen LogP contribution is -2.48. The highest BCUT2D eigenvalue weighted by Crippen LogP contribution is 2.16. The lowest BCUT2D eigenvalue weighted by Gasteiger charge is -2.20. The quantitative estimate of drug-likeness (QED) is 0.469. The van der Waals surface area contributed by atoms with Gasteiger partial charge < -0.3 is 5.32 Å². The van der Waals surface area contributed by atoms with E-state index in [0.29, 0.717) is 10.6 Å². The van der Waals surface area contributed by atoms with Gasteiger partial charge in [-0.3, -0.25) is 9.59 Å². The molecule has 148 valence electrons. The maximum Gasteiger partial charge on any atom is 0.262 e. The molecule has 1 unspecified atom stereocenters. The molecular formula is C23H22ClN3O2. The summed E-state index contributed by atoms with van der Waals surface area (Å²) in [5.74, 6) is -0.827. The minimum absolute atomic E-state index is 0.112. The molecule has 1 atom stereocenters. The Morgan fingerprint density at radius 3 is 2.38 bits per heavy atom. The molecule has 5 nitrogen and oxygen atoms in total. The van der Waals surface area contributed by atoms with Gasteiger partial charge in [-0.15, -0.1) is 0 Å². The number of halogens is 1. The first-order chi connectivity index (χ1) is 14.0. The normalized spacial score (nSPS) is 12.3. The van der Waals surface area contributed by atoms with E-state index in [1.165, 1.54) is 0 Å². The van der Waals surface area contributed by atoms with Gasteiger partial charge in [0, 0.05) is 16.1 Å². The maximum absolute atomic E-state index is 12.6. The summed E-state index contributed by atoms with van der Waals surface area (Å²) >= 11 is 5.86. The number of nitrogens with one attached hydrogen (secondary N) is 2. The van der Waals surface area contributed by atoms with Gasteiger partial charge in [0.05, 0.1) is 6.21 Å². The van der Waals surface area contributed by atoms with Crippen LogP contribution in [0.2, 0.25) is 5.02 Å². The molecule has 3 aromatic rings. The molecule has 0 spiro atoms. The molecular weight excluding hydrogens is 386 g/mol. The molecule has 0 saturated carbocycles. The summed E-state index contributed by atoms with van der Waals surface area (Å²) in [5, 5.41) is 9.54. The van der Waals surface area contributed by atoms with E-state index in [4.69, 9.17) is 11.6 Å². The summed E-state index contributed by atoms with van der Waals surface area (Å²) < 4.78 is 0. The van der Waals surface area contributed by atoms with Crippen molar-refractivity contribution in [1.82, 2.24) is 10.7 Å². The van der Waals surface area contributed by atoms with E-state index in [1.807, 2.05) is 56.3 Å². The van der Waals surface area contributed by atoms with Crippen LogP contribution < -0.4 is 10.7 Å². The second-order valence-corrected chi connectivity index (χ2v) is 7.44. The zero-order valence-electron chi connectivity index (χ0n) is 16.2. The molecule has 0 heterocycles. The van der Waals surface area contributed by atoms with Gasteiger partial charge in [0.15, 0.2) is 0 Å². The summed E-state index contributed by atoms with van der Waals surface area (Å²) in [6.45, 7) is 3.72. The Morgan fingerprint density at radius 2 is 1.66 bits per heavy atom. The molecule has 29 heavy (non-hydrogen) atoms. The molecule has 2 amide bonds. The van der Waals surface area contributed by atoms with E-state index in [9.17, 15) is 9.59 Å². The van der Waals surface area contributed by atoms with Gasteiger partial charge in [-0.1, -0.05) is 67.9 Å². The predicted octanol–water partition coefficient (Wildman–Crippen LogP) is 4.40. The number of fused-ring (bicyclic) bond motifs is 1. The minimum Gasteiger partial charge on any atom is -0.340 e. The Morgan fingerprint density at radius 1 is 0.966 bits per heavy atom. The van der Waals surface area contributed by atoms with Crippen molar-refractivity contribution < 1.29 is 9.59 Å². The van der Waals surface area contributed by atoms with Gasteiger partial charge in [0.2, 0.25) is 0 Å². The van der Waals surface area contributed by atoms with Gasteiger partial charge in [0.25, 0.3) is 11.8 Å². The van der Waals surface area contributed by atoms with E-state index in [1.54, 1.807) is 30.5 Å². The maximum atomic E-state index is 12.6. The zero-order chi connectivity index (χ0) is 20.8. The Bertz CT molecular complexity index is 1040. The van der Waals surface area contributed by atoms with Gasteiger partial charge in [-0.25, -0.2) is 5.43 Å². The van der Waals surface area contributed by atoms with Crippen LogP contribution in [-0.2, 0) is 4.79 Å². The smallest absolute Gasteiger partial charge is 0.262 e. The van der Waals surface area contributed by atoms with E-state index in [0.717, 1.165) is 16.3 Å². The van der Waals surface area contributed by atoms with Crippen molar-refractivity contribution in [2.45, 2.75) is 19.9 Å². The van der Waals surface area contributed by atoms with Crippen LogP contribution in [0.5, 0.6) is 0 Å². The van der Waals surface area contributed by atoms with Crippen molar-refractivity contribution >= 4 is 40.4 Å². The van der Waals surface area contributed by atoms with E-state index in [-0.39, 0.29) is 17.7 Å². The topological polar surface area (TPSA) is 70.6 Å². The van der Waals surface area contributed by atoms with E-state index >= 15 is 0 Å². The summed E-state index contributed by atoms with van der Waals surface area (Å²) in [5.41, 5.74) is 3.87. The van der Waals surface area contributed by atoms with Crippen LogP contribution in [0, 0.1) is 5.92 Å². The van der Waals surface area contributed by atoms with Crippen LogP contribution in [0.15, 0.2) is 71.8 Å². The predicted molar refractivity (Wildman–Crippen MR) is 117 cm³/mol. The Balaban J connectivity index is 1.68. The number of amides is 2. The van der Waals surface area contributed by atoms with Crippen LogP contribution in [0.4, 0.5) is 0 Å². The van der Waals surface area contributed by atoms with Gasteiger partial charge >= 0.3 is 0 Å². The van der Waals surface area contributed by atoms with Crippen molar-refractivity contribution in [3.8, 4) is 0 Å². The van der Waals surface area contributed by atoms with Crippen LogP contribution >= 0.6 is 11.6 Å². The highest BCUT2D eigenvalue weighted by molar-refractivity contribution is 6.30. The van der Waals surface area contributed by atoms with Crippen LogP contribution in [0.25, 0.3) is 10.8 Å². The molecule has 2 N–H and O–H groups in total. The van der Waals surface area contributed by atoms with Gasteiger partial charge in [0.1, 0.15) is 6.04 Å². The fraction of sp³-hybridized carbons (Fsp3) is 0.174. The second-order valence-electron chi connectivity index (χ2n) is 7.00. The SMILES string of the molecule is CC(C)C(NC(=O)c1ccc(Cl)cc1)C(=O)N/N=C/c1cccc2ccccc12.